The van der Waals surface area contributed by atoms with Crippen LogP contribution in [0.2, 0.25) is 0 Å². The van der Waals surface area contributed by atoms with Crippen LogP contribution in [0.5, 0.6) is 0 Å². The Morgan fingerprint density at radius 1 is 0.154 bits per heavy atom. The third-order valence-electron chi connectivity index (χ3n) is 0. The summed E-state index contributed by atoms with van der Waals surface area (Å²) in [5.41, 5.74) is 0. The van der Waals surface area contributed by atoms with Crippen LogP contribution in [0.25, 0.3) is 0 Å². The standard InChI is InChI=1S/3Na.10H2O.3H/h;;;10*1H2;;;. The van der Waals surface area contributed by atoms with E-state index in [1.807, 2.05) is 0 Å². The van der Waals surface area contributed by atoms with E-state index in [2.05, 4.69) is 0 Å². The van der Waals surface area contributed by atoms with Crippen LogP contribution >= 0.6 is 0 Å². The van der Waals surface area contributed by atoms with Crippen molar-refractivity contribution in [3.8, 4) is 0 Å². The Hall–Kier alpha value is 2.60. The van der Waals surface area contributed by atoms with E-state index in [0.29, 0.717) is 0 Å². The van der Waals surface area contributed by atoms with Crippen molar-refractivity contribution in [2.75, 3.05) is 0 Å². The van der Waals surface area contributed by atoms with Crippen molar-refractivity contribution < 1.29 is 54.8 Å². The Morgan fingerprint density at radius 3 is 0.154 bits per heavy atom. The molecule has 0 aromatic carbocycles. The van der Waals surface area contributed by atoms with Crippen molar-refractivity contribution in [3.05, 3.63) is 0 Å². The van der Waals surface area contributed by atoms with Gasteiger partial charge in [-0.1, -0.05) is 0 Å². The van der Waals surface area contributed by atoms with Crippen molar-refractivity contribution >= 4 is 88.7 Å². The van der Waals surface area contributed by atoms with Gasteiger partial charge in [0.15, 0.2) is 0 Å². The van der Waals surface area contributed by atoms with Crippen molar-refractivity contribution in [3.63, 3.8) is 0 Å². The number of hydrogen-bond donors (Lipinski definition) is 0. The van der Waals surface area contributed by atoms with E-state index in [-0.39, 0.29) is 143 Å². The number of hydrogen-bond acceptors (Lipinski definition) is 0. The summed E-state index contributed by atoms with van der Waals surface area (Å²) in [5.74, 6) is 0. The van der Waals surface area contributed by atoms with Gasteiger partial charge in [0.05, 0.1) is 0 Å². The molecular formula is H23Na3O10. The van der Waals surface area contributed by atoms with Crippen LogP contribution in [0.1, 0.15) is 0 Å². The second-order valence-corrected chi connectivity index (χ2v) is 0. The van der Waals surface area contributed by atoms with Gasteiger partial charge < -0.3 is 54.8 Å². The number of rotatable bonds is 0. The Morgan fingerprint density at radius 2 is 0.154 bits per heavy atom. The molecule has 0 rings (SSSR count). The zero-order valence-electron chi connectivity index (χ0n) is 5.00. The van der Waals surface area contributed by atoms with Crippen molar-refractivity contribution in [2.45, 2.75) is 0 Å². The predicted octanol–water partition coefficient (Wildman–Crippen LogP) is -10.2. The summed E-state index contributed by atoms with van der Waals surface area (Å²) < 4.78 is 0. The first kappa shape index (κ1) is 492. The van der Waals surface area contributed by atoms with E-state index in [1.165, 1.54) is 0 Å². The molecule has 0 saturated carbocycles. The average molecular weight is 252 g/mol. The summed E-state index contributed by atoms with van der Waals surface area (Å²) in [6.07, 6.45) is 0. The molecule has 0 saturated heterocycles. The molecule has 13 heteroatoms. The summed E-state index contributed by atoms with van der Waals surface area (Å²) in [6, 6.07) is 0. The summed E-state index contributed by atoms with van der Waals surface area (Å²) in [5, 5.41) is 0. The molecule has 0 radical (unpaired) electrons. The Bertz CT molecular complexity index is 10.1. The second-order valence-electron chi connectivity index (χ2n) is 0. The van der Waals surface area contributed by atoms with E-state index in [9.17, 15) is 0 Å². The zero-order chi connectivity index (χ0) is 0. The molecule has 20 N–H and O–H groups in total. The van der Waals surface area contributed by atoms with Gasteiger partial charge in [-0.15, -0.1) is 0 Å². The normalized spacial score (nSPS) is 0. The molecule has 0 atom stereocenters. The van der Waals surface area contributed by atoms with Crippen molar-refractivity contribution in [2.24, 2.45) is 0 Å². The molecule has 0 spiro atoms. The molecule has 0 fully saturated rings. The van der Waals surface area contributed by atoms with Crippen LogP contribution < -0.4 is 0 Å². The summed E-state index contributed by atoms with van der Waals surface area (Å²) >= 11 is 0. The molecule has 0 aromatic heterocycles. The van der Waals surface area contributed by atoms with E-state index in [1.54, 1.807) is 0 Å². The molecule has 0 aliphatic rings. The zero-order valence-corrected chi connectivity index (χ0v) is 5.00. The van der Waals surface area contributed by atoms with Crippen LogP contribution in [-0.4, -0.2) is 143 Å². The van der Waals surface area contributed by atoms with Gasteiger partial charge in [-0.25, -0.2) is 0 Å². The Labute approximate surface area is 141 Å². The fourth-order valence-corrected chi connectivity index (χ4v) is 0. The Balaban J connectivity index is 0. The third kappa shape index (κ3) is 343. The minimum absolute atomic E-state index is 0. The van der Waals surface area contributed by atoms with Gasteiger partial charge in [-0.05, 0) is 0 Å². The molecule has 0 aromatic rings. The molecular weight excluding hydrogens is 229 g/mol. The van der Waals surface area contributed by atoms with Gasteiger partial charge in [0, 0.05) is 0 Å². The van der Waals surface area contributed by atoms with Gasteiger partial charge in [0.25, 0.3) is 0 Å². The summed E-state index contributed by atoms with van der Waals surface area (Å²) in [7, 11) is 0. The van der Waals surface area contributed by atoms with E-state index in [0.717, 1.165) is 0 Å². The summed E-state index contributed by atoms with van der Waals surface area (Å²) in [4.78, 5) is 0. The predicted molar refractivity (Wildman–Crippen MR) is 57.6 cm³/mol. The fraction of sp³-hybridized carbons (Fsp3) is 0. The van der Waals surface area contributed by atoms with E-state index in [4.69, 9.17) is 0 Å². The van der Waals surface area contributed by atoms with Crippen LogP contribution in [0, 0.1) is 0 Å². The molecule has 0 unspecified atom stereocenters. The third-order valence-corrected chi connectivity index (χ3v) is 0. The van der Waals surface area contributed by atoms with Gasteiger partial charge in [-0.3, -0.25) is 0 Å². The van der Waals surface area contributed by atoms with E-state index >= 15 is 0 Å². The molecule has 0 aliphatic carbocycles. The molecule has 86 valence electrons. The molecule has 0 amide bonds. The van der Waals surface area contributed by atoms with Crippen LogP contribution in [0.4, 0.5) is 0 Å². The SMILES string of the molecule is O.O.O.O.O.O.O.O.O.O.[NaH].[NaH].[NaH]. The van der Waals surface area contributed by atoms with Gasteiger partial charge >= 0.3 is 88.7 Å². The van der Waals surface area contributed by atoms with Gasteiger partial charge in [-0.2, -0.15) is 0 Å². The van der Waals surface area contributed by atoms with E-state index < -0.39 is 0 Å². The molecule has 0 heterocycles. The summed E-state index contributed by atoms with van der Waals surface area (Å²) in [6.45, 7) is 0. The van der Waals surface area contributed by atoms with Crippen molar-refractivity contribution in [1.29, 1.82) is 0 Å². The van der Waals surface area contributed by atoms with Crippen LogP contribution in [-0.2, 0) is 0 Å². The molecule has 0 aliphatic heterocycles. The average Bonchev–Trinajstić information content (AvgIpc) is 0. The molecule has 13 heavy (non-hydrogen) atoms. The van der Waals surface area contributed by atoms with Crippen LogP contribution in [0.3, 0.4) is 0 Å². The van der Waals surface area contributed by atoms with Gasteiger partial charge in [0.1, 0.15) is 0 Å². The monoisotopic (exact) mass is 252 g/mol. The second kappa shape index (κ2) is 399. The van der Waals surface area contributed by atoms with Crippen LogP contribution in [0.15, 0.2) is 0 Å². The first-order chi connectivity index (χ1) is 0. The maximum atomic E-state index is 0. The molecule has 0 bridgehead atoms. The van der Waals surface area contributed by atoms with Crippen molar-refractivity contribution in [1.82, 2.24) is 0 Å². The fourth-order valence-electron chi connectivity index (χ4n) is 0. The quantitative estimate of drug-likeness (QED) is 0.362. The Kier molecular flexibility index (Phi) is 15100. The maximum absolute atomic E-state index is 0. The topological polar surface area (TPSA) is 315 Å². The van der Waals surface area contributed by atoms with Gasteiger partial charge in [0.2, 0.25) is 0 Å². The minimum atomic E-state index is 0. The first-order valence-corrected chi connectivity index (χ1v) is 0. The molecule has 10 nitrogen and oxygen atoms in total. The first-order valence-electron chi connectivity index (χ1n) is 0.